The van der Waals surface area contributed by atoms with Crippen molar-refractivity contribution in [1.82, 2.24) is 10.6 Å². The first kappa shape index (κ1) is 21.7. The lowest BCUT2D eigenvalue weighted by Crippen LogP contribution is -2.70. The smallest absolute Gasteiger partial charge is 0.319 e. The number of hydrogen-bond donors (Lipinski definition) is 2. The van der Waals surface area contributed by atoms with Crippen LogP contribution < -0.4 is 10.6 Å². The minimum atomic E-state index is -0.722. The van der Waals surface area contributed by atoms with Gasteiger partial charge in [-0.3, -0.25) is 14.9 Å². The lowest BCUT2D eigenvalue weighted by atomic mass is 9.92. The van der Waals surface area contributed by atoms with Crippen LogP contribution in [0.1, 0.15) is 25.7 Å². The van der Waals surface area contributed by atoms with Gasteiger partial charge in [-0.2, -0.15) is 0 Å². The summed E-state index contributed by atoms with van der Waals surface area (Å²) < 4.78 is 28.5. The van der Waals surface area contributed by atoms with Gasteiger partial charge in [-0.1, -0.05) is 30.3 Å². The van der Waals surface area contributed by atoms with E-state index in [2.05, 4.69) is 10.6 Å². The maximum absolute atomic E-state index is 11.9. The second-order valence-corrected chi connectivity index (χ2v) is 6.89. The van der Waals surface area contributed by atoms with E-state index in [0.29, 0.717) is 0 Å². The molecule has 0 bridgehead atoms. The summed E-state index contributed by atoms with van der Waals surface area (Å²) in [4.78, 5) is 23.7. The summed E-state index contributed by atoms with van der Waals surface area (Å²) in [5.74, 6) is -0.633. The number of ether oxygens (including phenoxy) is 5. The van der Waals surface area contributed by atoms with Crippen LogP contribution in [0.25, 0.3) is 0 Å². The van der Waals surface area contributed by atoms with Crippen molar-refractivity contribution >= 4 is 11.9 Å². The number of benzene rings is 1. The zero-order valence-corrected chi connectivity index (χ0v) is 16.8. The largest absolute Gasteiger partial charge is 0.465 e. The van der Waals surface area contributed by atoms with Gasteiger partial charge in [0.25, 0.3) is 0 Å². The molecular weight excluding hydrogens is 380 g/mol. The Bertz CT molecular complexity index is 687. The van der Waals surface area contributed by atoms with Gasteiger partial charge in [-0.15, -0.1) is 0 Å². The normalized spacial score (nSPS) is 31.6. The average molecular weight is 408 g/mol. The fourth-order valence-electron chi connectivity index (χ4n) is 3.65. The van der Waals surface area contributed by atoms with E-state index in [0.717, 1.165) is 5.56 Å². The third-order valence-electron chi connectivity index (χ3n) is 4.86. The maximum atomic E-state index is 11.9. The fourth-order valence-corrected chi connectivity index (χ4v) is 3.65. The van der Waals surface area contributed by atoms with E-state index in [1.807, 2.05) is 30.3 Å². The van der Waals surface area contributed by atoms with E-state index in [-0.39, 0.29) is 25.7 Å². The summed E-state index contributed by atoms with van der Waals surface area (Å²) in [6.45, 7) is 3.70. The zero-order valence-electron chi connectivity index (χ0n) is 16.8. The topological polar surface area (TPSA) is 104 Å². The molecule has 160 valence electrons. The molecule has 2 aliphatic rings. The predicted molar refractivity (Wildman–Crippen MR) is 102 cm³/mol. The van der Waals surface area contributed by atoms with Crippen molar-refractivity contribution in [1.29, 1.82) is 0 Å². The molecule has 1 amide bonds. The quantitative estimate of drug-likeness (QED) is 0.629. The highest BCUT2D eigenvalue weighted by molar-refractivity contribution is 5.73. The van der Waals surface area contributed by atoms with Crippen LogP contribution in [0, 0.1) is 0 Å². The number of methoxy groups -OCH3 is 1. The van der Waals surface area contributed by atoms with Gasteiger partial charge in [0.1, 0.15) is 12.2 Å². The van der Waals surface area contributed by atoms with Crippen molar-refractivity contribution in [3.05, 3.63) is 35.9 Å². The van der Waals surface area contributed by atoms with Crippen LogP contribution in [-0.2, 0) is 33.3 Å². The van der Waals surface area contributed by atoms with Crippen molar-refractivity contribution in [3.63, 3.8) is 0 Å². The molecule has 1 aromatic carbocycles. The molecule has 0 saturated carbocycles. The molecule has 2 aliphatic heterocycles. The summed E-state index contributed by atoms with van der Waals surface area (Å²) in [7, 11) is 1.50. The Labute approximate surface area is 170 Å². The molecule has 6 atom stereocenters. The van der Waals surface area contributed by atoms with E-state index in [1.165, 1.54) is 14.0 Å². The summed E-state index contributed by atoms with van der Waals surface area (Å²) >= 11 is 0. The molecule has 9 heteroatoms. The van der Waals surface area contributed by atoms with Crippen molar-refractivity contribution in [2.24, 2.45) is 0 Å². The Hall–Kier alpha value is -2.04. The van der Waals surface area contributed by atoms with Crippen molar-refractivity contribution in [2.75, 3.05) is 26.9 Å². The standard InChI is InChI=1S/C20H28N2O7/c1-4-26-15(24)10-21-16-17(22-12(2)23)20(25-3)28-14-11-27-19(29-18(14)16)13-8-6-5-7-9-13/h5-9,14,16-21H,4,10-11H2,1-3H3,(H,22,23)/t14-,16-,17-,18-,19+,20+/m0/s1. The van der Waals surface area contributed by atoms with E-state index in [1.54, 1.807) is 6.92 Å². The van der Waals surface area contributed by atoms with Gasteiger partial charge in [0.2, 0.25) is 5.91 Å². The Morgan fingerprint density at radius 1 is 1.17 bits per heavy atom. The minimum Gasteiger partial charge on any atom is -0.465 e. The highest BCUT2D eigenvalue weighted by atomic mass is 16.7. The third-order valence-corrected chi connectivity index (χ3v) is 4.86. The monoisotopic (exact) mass is 408 g/mol. The van der Waals surface area contributed by atoms with Crippen molar-refractivity contribution in [2.45, 2.75) is 50.7 Å². The summed E-state index contributed by atoms with van der Waals surface area (Å²) in [6.07, 6.45) is -2.21. The first-order valence-corrected chi connectivity index (χ1v) is 9.69. The molecule has 0 spiro atoms. The minimum absolute atomic E-state index is 0.0333. The molecule has 2 heterocycles. The van der Waals surface area contributed by atoms with Crippen molar-refractivity contribution < 1.29 is 33.3 Å². The van der Waals surface area contributed by atoms with E-state index in [9.17, 15) is 9.59 Å². The predicted octanol–water partition coefficient (Wildman–Crippen LogP) is 0.498. The Morgan fingerprint density at radius 3 is 2.59 bits per heavy atom. The molecule has 2 fully saturated rings. The van der Waals surface area contributed by atoms with Gasteiger partial charge in [0, 0.05) is 19.6 Å². The van der Waals surface area contributed by atoms with Gasteiger partial charge >= 0.3 is 5.97 Å². The number of nitrogens with one attached hydrogen (secondary N) is 2. The summed E-state index contributed by atoms with van der Waals surface area (Å²) in [6, 6.07) is 8.53. The Morgan fingerprint density at radius 2 is 1.93 bits per heavy atom. The lowest BCUT2D eigenvalue weighted by Gasteiger charge is -2.49. The average Bonchev–Trinajstić information content (AvgIpc) is 2.72. The number of rotatable bonds is 7. The second kappa shape index (κ2) is 10.1. The maximum Gasteiger partial charge on any atom is 0.319 e. The van der Waals surface area contributed by atoms with Crippen LogP contribution in [0.4, 0.5) is 0 Å². The van der Waals surface area contributed by atoms with E-state index < -0.39 is 42.8 Å². The molecule has 2 saturated heterocycles. The molecule has 1 aromatic rings. The van der Waals surface area contributed by atoms with Gasteiger partial charge in [0.05, 0.1) is 31.8 Å². The molecule has 0 aliphatic carbocycles. The first-order valence-electron chi connectivity index (χ1n) is 9.69. The van der Waals surface area contributed by atoms with Crippen LogP contribution in [0.5, 0.6) is 0 Å². The summed E-state index contributed by atoms with van der Waals surface area (Å²) in [5.41, 5.74) is 0.875. The second-order valence-electron chi connectivity index (χ2n) is 6.89. The van der Waals surface area contributed by atoms with E-state index >= 15 is 0 Å². The third kappa shape index (κ3) is 5.31. The van der Waals surface area contributed by atoms with Crippen LogP contribution in [0.2, 0.25) is 0 Å². The fraction of sp³-hybridized carbons (Fsp3) is 0.600. The molecule has 9 nitrogen and oxygen atoms in total. The number of carbonyl (C=O) groups is 2. The number of fused-ring (bicyclic) bond motifs is 1. The van der Waals surface area contributed by atoms with Crippen LogP contribution >= 0.6 is 0 Å². The van der Waals surface area contributed by atoms with Gasteiger partial charge in [-0.25, -0.2) is 0 Å². The molecule has 0 radical (unpaired) electrons. The zero-order chi connectivity index (χ0) is 20.8. The van der Waals surface area contributed by atoms with Crippen LogP contribution in [0.15, 0.2) is 30.3 Å². The molecule has 3 rings (SSSR count). The highest BCUT2D eigenvalue weighted by Gasteiger charge is 2.50. The SMILES string of the molecule is CCOC(=O)CN[C@H]1[C@H](NC(C)=O)[C@H](OC)O[C@H]2CO[C@@H](c3ccccc3)O[C@H]12. The molecule has 2 N–H and O–H groups in total. The first-order chi connectivity index (χ1) is 14.0. The van der Waals surface area contributed by atoms with Gasteiger partial charge < -0.3 is 29.0 Å². The molecular formula is C20H28N2O7. The van der Waals surface area contributed by atoms with Crippen LogP contribution in [-0.4, -0.2) is 69.3 Å². The highest BCUT2D eigenvalue weighted by Crippen LogP contribution is 2.34. The van der Waals surface area contributed by atoms with E-state index in [4.69, 9.17) is 23.7 Å². The number of amides is 1. The molecule has 29 heavy (non-hydrogen) atoms. The number of esters is 1. The number of carbonyl (C=O) groups excluding carboxylic acids is 2. The Kier molecular flexibility index (Phi) is 7.57. The molecule has 0 aromatic heterocycles. The Balaban J connectivity index is 1.82. The number of hydrogen-bond acceptors (Lipinski definition) is 8. The van der Waals surface area contributed by atoms with Gasteiger partial charge in [0.15, 0.2) is 12.6 Å². The van der Waals surface area contributed by atoms with Gasteiger partial charge in [-0.05, 0) is 6.92 Å². The summed E-state index contributed by atoms with van der Waals surface area (Å²) in [5, 5.41) is 6.02. The lowest BCUT2D eigenvalue weighted by molar-refractivity contribution is -0.325. The van der Waals surface area contributed by atoms with Crippen LogP contribution in [0.3, 0.4) is 0 Å². The molecule has 0 unspecified atom stereocenters. The van der Waals surface area contributed by atoms with Crippen molar-refractivity contribution in [3.8, 4) is 0 Å².